The summed E-state index contributed by atoms with van der Waals surface area (Å²) in [5, 5.41) is 12.0. The Kier molecular flexibility index (Phi) is 4.12. The highest BCUT2D eigenvalue weighted by atomic mass is 16.4. The lowest BCUT2D eigenvalue weighted by atomic mass is 10.1. The topological polar surface area (TPSA) is 95.7 Å². The molecule has 6 heteroatoms. The summed E-state index contributed by atoms with van der Waals surface area (Å²) in [6.45, 7) is 0.830. The fourth-order valence-corrected chi connectivity index (χ4v) is 1.99. The molecule has 0 saturated heterocycles. The van der Waals surface area contributed by atoms with Crippen LogP contribution in [0.3, 0.4) is 0 Å². The number of rotatable bonds is 6. The molecular formula is C14H19N3O3. The second-order valence-corrected chi connectivity index (χ2v) is 5.19. The Morgan fingerprint density at radius 1 is 1.45 bits per heavy atom. The van der Waals surface area contributed by atoms with Crippen molar-refractivity contribution >= 4 is 23.3 Å². The summed E-state index contributed by atoms with van der Waals surface area (Å²) in [7, 11) is 1.69. The zero-order valence-electron chi connectivity index (χ0n) is 11.4. The van der Waals surface area contributed by atoms with Crippen LogP contribution in [-0.4, -0.2) is 37.1 Å². The van der Waals surface area contributed by atoms with E-state index in [-0.39, 0.29) is 18.0 Å². The van der Waals surface area contributed by atoms with Crippen LogP contribution in [0.25, 0.3) is 0 Å². The van der Waals surface area contributed by atoms with E-state index in [0.717, 1.165) is 0 Å². The van der Waals surface area contributed by atoms with Crippen molar-refractivity contribution in [1.29, 1.82) is 0 Å². The molecule has 1 aromatic carbocycles. The van der Waals surface area contributed by atoms with Crippen molar-refractivity contribution in [2.75, 3.05) is 30.8 Å². The Bertz CT molecular complexity index is 526. The van der Waals surface area contributed by atoms with Gasteiger partial charge >= 0.3 is 5.97 Å². The lowest BCUT2D eigenvalue weighted by molar-refractivity contribution is -0.119. The predicted octanol–water partition coefficient (Wildman–Crippen LogP) is 0.929. The van der Waals surface area contributed by atoms with E-state index < -0.39 is 5.97 Å². The normalized spacial score (nSPS) is 13.8. The number of hydrogen-bond acceptors (Lipinski definition) is 4. The lowest BCUT2D eigenvalue weighted by Gasteiger charge is -2.21. The van der Waals surface area contributed by atoms with Gasteiger partial charge in [-0.25, -0.2) is 4.79 Å². The van der Waals surface area contributed by atoms with E-state index in [1.807, 2.05) is 0 Å². The number of hydrogen-bond donors (Lipinski definition) is 3. The van der Waals surface area contributed by atoms with Crippen LogP contribution in [0.15, 0.2) is 18.2 Å². The van der Waals surface area contributed by atoms with Gasteiger partial charge in [0.05, 0.1) is 17.8 Å². The molecule has 0 unspecified atom stereocenters. The highest BCUT2D eigenvalue weighted by molar-refractivity contribution is 5.96. The van der Waals surface area contributed by atoms with Gasteiger partial charge in [-0.3, -0.25) is 4.79 Å². The standard InChI is InChI=1S/C14H19N3O3/c1-17(8-13(18)16-7-9-2-3-9)12-5-4-10(15)6-11(12)14(19)20/h4-6,9H,2-3,7-8,15H2,1H3,(H,16,18)(H,19,20). The van der Waals surface area contributed by atoms with E-state index in [9.17, 15) is 14.7 Å². The molecule has 1 aromatic rings. The number of amides is 1. The average molecular weight is 277 g/mol. The smallest absolute Gasteiger partial charge is 0.337 e. The van der Waals surface area contributed by atoms with E-state index in [2.05, 4.69) is 5.32 Å². The minimum Gasteiger partial charge on any atom is -0.478 e. The zero-order valence-corrected chi connectivity index (χ0v) is 11.4. The maximum absolute atomic E-state index is 11.8. The third kappa shape index (κ3) is 3.63. The average Bonchev–Trinajstić information content (AvgIpc) is 3.20. The Morgan fingerprint density at radius 3 is 2.75 bits per heavy atom. The van der Waals surface area contributed by atoms with Crippen molar-refractivity contribution in [3.8, 4) is 0 Å². The Balaban J connectivity index is 2.01. The van der Waals surface area contributed by atoms with Gasteiger partial charge < -0.3 is 21.1 Å². The summed E-state index contributed by atoms with van der Waals surface area (Å²) in [4.78, 5) is 24.6. The summed E-state index contributed by atoms with van der Waals surface area (Å²) >= 11 is 0. The number of carboxylic acid groups (broad SMARTS) is 1. The van der Waals surface area contributed by atoms with Crippen LogP contribution < -0.4 is 16.0 Å². The molecule has 1 fully saturated rings. The van der Waals surface area contributed by atoms with Crippen LogP contribution in [0.5, 0.6) is 0 Å². The van der Waals surface area contributed by atoms with Gasteiger partial charge in [-0.15, -0.1) is 0 Å². The molecule has 4 N–H and O–H groups in total. The molecule has 0 radical (unpaired) electrons. The zero-order chi connectivity index (χ0) is 14.7. The van der Waals surface area contributed by atoms with Crippen molar-refractivity contribution in [1.82, 2.24) is 5.32 Å². The molecule has 0 heterocycles. The molecule has 0 spiro atoms. The largest absolute Gasteiger partial charge is 0.478 e. The number of anilines is 2. The molecule has 20 heavy (non-hydrogen) atoms. The van der Waals surface area contributed by atoms with Crippen molar-refractivity contribution in [3.63, 3.8) is 0 Å². The molecule has 2 rings (SSSR count). The monoisotopic (exact) mass is 277 g/mol. The molecule has 1 amide bonds. The second-order valence-electron chi connectivity index (χ2n) is 5.19. The van der Waals surface area contributed by atoms with Gasteiger partial charge in [-0.05, 0) is 37.0 Å². The van der Waals surface area contributed by atoms with Crippen LogP contribution in [0.1, 0.15) is 23.2 Å². The summed E-state index contributed by atoms with van der Waals surface area (Å²) in [5.41, 5.74) is 6.56. The van der Waals surface area contributed by atoms with Gasteiger partial charge in [0.1, 0.15) is 0 Å². The summed E-state index contributed by atoms with van der Waals surface area (Å²) in [5.74, 6) is -0.541. The van der Waals surface area contributed by atoms with E-state index in [1.54, 1.807) is 24.1 Å². The maximum atomic E-state index is 11.8. The molecule has 0 aromatic heterocycles. The molecule has 0 atom stereocenters. The molecule has 0 aliphatic heterocycles. The van der Waals surface area contributed by atoms with Crippen LogP contribution in [-0.2, 0) is 4.79 Å². The molecule has 1 aliphatic rings. The fourth-order valence-electron chi connectivity index (χ4n) is 1.99. The number of nitrogen functional groups attached to an aromatic ring is 1. The van der Waals surface area contributed by atoms with E-state index in [0.29, 0.717) is 23.8 Å². The first-order chi connectivity index (χ1) is 9.47. The molecular weight excluding hydrogens is 258 g/mol. The number of nitrogens with two attached hydrogens (primary N) is 1. The van der Waals surface area contributed by atoms with Crippen molar-refractivity contribution in [3.05, 3.63) is 23.8 Å². The number of nitrogens with zero attached hydrogens (tertiary/aromatic N) is 1. The number of aromatic carboxylic acids is 1. The third-order valence-corrected chi connectivity index (χ3v) is 3.33. The van der Waals surface area contributed by atoms with Crippen molar-refractivity contribution in [2.24, 2.45) is 5.92 Å². The molecule has 1 aliphatic carbocycles. The molecule has 1 saturated carbocycles. The van der Waals surface area contributed by atoms with Crippen LogP contribution >= 0.6 is 0 Å². The van der Waals surface area contributed by atoms with Gasteiger partial charge in [0.15, 0.2) is 0 Å². The van der Waals surface area contributed by atoms with E-state index in [4.69, 9.17) is 5.73 Å². The number of carbonyl (C=O) groups is 2. The Labute approximate surface area is 117 Å². The minimum absolute atomic E-state index is 0.0995. The number of likely N-dealkylation sites (N-methyl/N-ethyl adjacent to an activating group) is 1. The first kappa shape index (κ1) is 14.2. The van der Waals surface area contributed by atoms with Crippen LogP contribution in [0.2, 0.25) is 0 Å². The van der Waals surface area contributed by atoms with Crippen LogP contribution in [0, 0.1) is 5.92 Å². The summed E-state index contributed by atoms with van der Waals surface area (Å²) in [6, 6.07) is 4.64. The second kappa shape index (κ2) is 5.81. The van der Waals surface area contributed by atoms with E-state index >= 15 is 0 Å². The third-order valence-electron chi connectivity index (χ3n) is 3.33. The number of benzene rings is 1. The Hall–Kier alpha value is -2.24. The molecule has 6 nitrogen and oxygen atoms in total. The van der Waals surface area contributed by atoms with Gasteiger partial charge in [-0.2, -0.15) is 0 Å². The molecule has 108 valence electrons. The SMILES string of the molecule is CN(CC(=O)NCC1CC1)c1ccc(N)cc1C(=O)O. The van der Waals surface area contributed by atoms with Gasteiger partial charge in [0.2, 0.25) is 5.91 Å². The van der Waals surface area contributed by atoms with Gasteiger partial charge in [0.25, 0.3) is 0 Å². The summed E-state index contributed by atoms with van der Waals surface area (Å²) in [6.07, 6.45) is 2.36. The van der Waals surface area contributed by atoms with Crippen LogP contribution in [0.4, 0.5) is 11.4 Å². The first-order valence-electron chi connectivity index (χ1n) is 6.58. The fraction of sp³-hybridized carbons (Fsp3) is 0.429. The van der Waals surface area contributed by atoms with E-state index in [1.165, 1.54) is 18.9 Å². The Morgan fingerprint density at radius 2 is 2.15 bits per heavy atom. The predicted molar refractivity (Wildman–Crippen MR) is 76.8 cm³/mol. The number of nitrogens with one attached hydrogen (secondary N) is 1. The van der Waals surface area contributed by atoms with Gasteiger partial charge in [0, 0.05) is 19.3 Å². The van der Waals surface area contributed by atoms with Crippen molar-refractivity contribution < 1.29 is 14.7 Å². The lowest BCUT2D eigenvalue weighted by Crippen LogP contribution is -2.36. The molecule has 0 bridgehead atoms. The highest BCUT2D eigenvalue weighted by Crippen LogP contribution is 2.27. The van der Waals surface area contributed by atoms with Crippen molar-refractivity contribution in [2.45, 2.75) is 12.8 Å². The highest BCUT2D eigenvalue weighted by Gasteiger charge is 2.22. The quantitative estimate of drug-likeness (QED) is 0.672. The number of carbonyl (C=O) groups excluding carboxylic acids is 1. The van der Waals surface area contributed by atoms with Gasteiger partial charge in [-0.1, -0.05) is 0 Å². The first-order valence-corrected chi connectivity index (χ1v) is 6.58. The summed E-state index contributed by atoms with van der Waals surface area (Å²) < 4.78 is 0. The number of carboxylic acids is 1. The minimum atomic E-state index is -1.06. The maximum Gasteiger partial charge on any atom is 0.337 e.